The lowest BCUT2D eigenvalue weighted by molar-refractivity contribution is 0.0483. The largest absolute Gasteiger partial charge is 0.444 e. The smallest absolute Gasteiger partial charge is 0.407 e. The number of alkyl carbamates (subject to hydrolysis) is 1. The average Bonchev–Trinajstić information content (AvgIpc) is 2.53. The van der Waals surface area contributed by atoms with E-state index in [0.717, 1.165) is 16.7 Å². The minimum absolute atomic E-state index is 0.193. The van der Waals surface area contributed by atoms with E-state index in [9.17, 15) is 9.90 Å². The Morgan fingerprint density at radius 3 is 2.24 bits per heavy atom. The fraction of sp³-hybridized carbons (Fsp3) is 0.381. The molecule has 1 amide bonds. The third-order valence-electron chi connectivity index (χ3n) is 3.21. The topological polar surface area (TPSA) is 58.6 Å². The maximum absolute atomic E-state index is 11.8. The first-order valence-electron chi connectivity index (χ1n) is 8.22. The number of carbonyl (C=O) groups excluding carboxylic acids is 1. The molecular weight excluding hydrogens is 314 g/mol. The Kier molecular flexibility index (Phi) is 10.2. The van der Waals surface area contributed by atoms with Gasteiger partial charge in [0.2, 0.25) is 0 Å². The van der Waals surface area contributed by atoms with Crippen LogP contribution in [0.15, 0.2) is 72.9 Å². The van der Waals surface area contributed by atoms with Gasteiger partial charge in [0.1, 0.15) is 5.60 Å². The van der Waals surface area contributed by atoms with E-state index in [1.807, 2.05) is 25.2 Å². The fourth-order valence-electron chi connectivity index (χ4n) is 1.96. The van der Waals surface area contributed by atoms with Crippen LogP contribution in [0.4, 0.5) is 4.79 Å². The Labute approximate surface area is 152 Å². The van der Waals surface area contributed by atoms with Crippen molar-refractivity contribution in [2.75, 3.05) is 6.61 Å². The Morgan fingerprint density at radius 2 is 1.80 bits per heavy atom. The fourth-order valence-corrected chi connectivity index (χ4v) is 1.96. The third kappa shape index (κ3) is 10.2. The Balaban J connectivity index is 5.06. The number of aliphatic hydroxyl groups excluding tert-OH is 1. The van der Waals surface area contributed by atoms with Gasteiger partial charge in [-0.3, -0.25) is 0 Å². The van der Waals surface area contributed by atoms with Gasteiger partial charge in [0.15, 0.2) is 0 Å². The van der Waals surface area contributed by atoms with Gasteiger partial charge in [-0.1, -0.05) is 56.2 Å². The van der Waals surface area contributed by atoms with Crippen LogP contribution in [0.2, 0.25) is 0 Å². The van der Waals surface area contributed by atoms with Crippen LogP contribution in [0.5, 0.6) is 0 Å². The van der Waals surface area contributed by atoms with E-state index in [1.165, 1.54) is 0 Å². The first-order chi connectivity index (χ1) is 11.7. The number of hydrogen-bond acceptors (Lipinski definition) is 3. The molecule has 0 aliphatic rings. The quantitative estimate of drug-likeness (QED) is 0.600. The molecule has 0 saturated heterocycles. The highest BCUT2D eigenvalue weighted by atomic mass is 16.6. The van der Waals surface area contributed by atoms with Crippen LogP contribution in [0.3, 0.4) is 0 Å². The minimum Gasteiger partial charge on any atom is -0.444 e. The highest BCUT2D eigenvalue weighted by molar-refractivity contribution is 5.68. The number of ether oxygens (including phenoxy) is 1. The van der Waals surface area contributed by atoms with E-state index in [-0.39, 0.29) is 6.61 Å². The van der Waals surface area contributed by atoms with Gasteiger partial charge in [0.05, 0.1) is 12.6 Å². The number of carbonyl (C=O) groups is 1. The molecule has 0 radical (unpaired) electrons. The maximum atomic E-state index is 11.8. The van der Waals surface area contributed by atoms with Crippen molar-refractivity contribution in [1.82, 2.24) is 5.32 Å². The molecule has 25 heavy (non-hydrogen) atoms. The summed E-state index contributed by atoms with van der Waals surface area (Å²) in [6.07, 6.45) is 10.8. The molecule has 0 fully saturated rings. The molecule has 0 heterocycles. The molecule has 0 aromatic heterocycles. The van der Waals surface area contributed by atoms with E-state index >= 15 is 0 Å². The van der Waals surface area contributed by atoms with E-state index < -0.39 is 17.7 Å². The zero-order valence-electron chi connectivity index (χ0n) is 15.8. The lowest BCUT2D eigenvalue weighted by atomic mass is 10.0. The highest BCUT2D eigenvalue weighted by Crippen LogP contribution is 2.14. The van der Waals surface area contributed by atoms with Gasteiger partial charge >= 0.3 is 6.09 Å². The van der Waals surface area contributed by atoms with Gasteiger partial charge in [-0.25, -0.2) is 4.79 Å². The van der Waals surface area contributed by atoms with Crippen LogP contribution in [0.25, 0.3) is 0 Å². The molecule has 4 heteroatoms. The van der Waals surface area contributed by atoms with E-state index in [2.05, 4.69) is 25.1 Å². The van der Waals surface area contributed by atoms with Gasteiger partial charge in [-0.2, -0.15) is 0 Å². The molecule has 138 valence electrons. The molecule has 0 rings (SSSR count). The summed E-state index contributed by atoms with van der Waals surface area (Å²) in [5.41, 5.74) is 2.30. The van der Waals surface area contributed by atoms with Gasteiger partial charge in [-0.05, 0) is 50.8 Å². The summed E-state index contributed by atoms with van der Waals surface area (Å²) >= 11 is 0. The highest BCUT2D eigenvalue weighted by Gasteiger charge is 2.19. The van der Waals surface area contributed by atoms with Crippen molar-refractivity contribution in [2.45, 2.75) is 45.8 Å². The van der Waals surface area contributed by atoms with Crippen molar-refractivity contribution in [3.63, 3.8) is 0 Å². The number of nitrogens with one attached hydrogen (secondary N) is 1. The standard InChI is InChI=1S/C21H31NO3/c1-8-11-18(10-3)16(4)12-13-17(9-2)14-19(15-23)22-20(24)25-21(5,6)7/h8-13,19,23H,1-3,14-15H2,4-7H3,(H,22,24)/b16-12+,17-13+,18-11+. The van der Waals surface area contributed by atoms with Crippen molar-refractivity contribution < 1.29 is 14.6 Å². The van der Waals surface area contributed by atoms with Gasteiger partial charge in [0.25, 0.3) is 0 Å². The van der Waals surface area contributed by atoms with Crippen LogP contribution in [0, 0.1) is 0 Å². The van der Waals surface area contributed by atoms with Crippen molar-refractivity contribution in [2.24, 2.45) is 0 Å². The summed E-state index contributed by atoms with van der Waals surface area (Å²) in [5, 5.41) is 12.2. The van der Waals surface area contributed by atoms with Gasteiger partial charge in [-0.15, -0.1) is 0 Å². The molecule has 0 saturated carbocycles. The Morgan fingerprint density at radius 1 is 1.16 bits per heavy atom. The molecule has 1 atom stereocenters. The Bertz CT molecular complexity index is 574. The maximum Gasteiger partial charge on any atom is 0.407 e. The number of aliphatic hydroxyl groups is 1. The molecule has 0 aliphatic heterocycles. The second-order valence-corrected chi connectivity index (χ2v) is 6.59. The summed E-state index contributed by atoms with van der Waals surface area (Å²) < 4.78 is 5.21. The monoisotopic (exact) mass is 345 g/mol. The number of amides is 1. The molecule has 2 N–H and O–H groups in total. The zero-order valence-corrected chi connectivity index (χ0v) is 15.8. The number of allylic oxidation sites excluding steroid dienone is 8. The Hall–Kier alpha value is -2.33. The lowest BCUT2D eigenvalue weighted by Crippen LogP contribution is -2.41. The molecule has 1 unspecified atom stereocenters. The summed E-state index contributed by atoms with van der Waals surface area (Å²) in [6.45, 7) is 18.4. The summed E-state index contributed by atoms with van der Waals surface area (Å²) in [7, 11) is 0. The number of hydrogen-bond donors (Lipinski definition) is 2. The van der Waals surface area contributed by atoms with Crippen LogP contribution < -0.4 is 5.32 Å². The van der Waals surface area contributed by atoms with E-state index in [4.69, 9.17) is 4.74 Å². The summed E-state index contributed by atoms with van der Waals surface area (Å²) in [4.78, 5) is 11.8. The van der Waals surface area contributed by atoms with Crippen LogP contribution in [-0.2, 0) is 4.74 Å². The minimum atomic E-state index is -0.584. The normalized spacial score (nSPS) is 14.5. The van der Waals surface area contributed by atoms with Gasteiger partial charge < -0.3 is 15.2 Å². The SMILES string of the molecule is C=C/C=C(C=C)/C(C)=C/C=C(\C=C)CC(CO)NC(=O)OC(C)(C)C. The number of rotatable bonds is 9. The molecule has 0 aromatic rings. The van der Waals surface area contributed by atoms with E-state index in [1.54, 1.807) is 39.0 Å². The summed E-state index contributed by atoms with van der Waals surface area (Å²) in [6, 6.07) is -0.449. The molecule has 4 nitrogen and oxygen atoms in total. The van der Waals surface area contributed by atoms with Crippen molar-refractivity contribution in [1.29, 1.82) is 0 Å². The average molecular weight is 345 g/mol. The molecule has 0 aliphatic carbocycles. The van der Waals surface area contributed by atoms with Crippen molar-refractivity contribution in [3.05, 3.63) is 72.9 Å². The summed E-state index contributed by atoms with van der Waals surface area (Å²) in [5.74, 6) is 0. The van der Waals surface area contributed by atoms with Crippen LogP contribution in [-0.4, -0.2) is 29.4 Å². The molecule has 0 spiro atoms. The zero-order chi connectivity index (χ0) is 19.5. The van der Waals surface area contributed by atoms with Crippen LogP contribution in [0.1, 0.15) is 34.1 Å². The van der Waals surface area contributed by atoms with Crippen molar-refractivity contribution >= 4 is 6.09 Å². The third-order valence-corrected chi connectivity index (χ3v) is 3.21. The van der Waals surface area contributed by atoms with E-state index in [0.29, 0.717) is 6.42 Å². The molecule has 0 bridgehead atoms. The lowest BCUT2D eigenvalue weighted by Gasteiger charge is -2.23. The van der Waals surface area contributed by atoms with Gasteiger partial charge in [0, 0.05) is 0 Å². The second-order valence-electron chi connectivity index (χ2n) is 6.59. The predicted molar refractivity (Wildman–Crippen MR) is 105 cm³/mol. The second kappa shape index (κ2) is 11.3. The van der Waals surface area contributed by atoms with Crippen LogP contribution >= 0.6 is 0 Å². The molecule has 0 aromatic carbocycles. The molecular formula is C21H31NO3. The first kappa shape index (κ1) is 22.7. The predicted octanol–water partition coefficient (Wildman–Crippen LogP) is 4.62. The first-order valence-corrected chi connectivity index (χ1v) is 8.22. The van der Waals surface area contributed by atoms with Crippen molar-refractivity contribution in [3.8, 4) is 0 Å².